The summed E-state index contributed by atoms with van der Waals surface area (Å²) in [6, 6.07) is 7.34. The fourth-order valence-corrected chi connectivity index (χ4v) is 2.31. The van der Waals surface area contributed by atoms with Crippen LogP contribution in [0.15, 0.2) is 24.3 Å². The van der Waals surface area contributed by atoms with E-state index < -0.39 is 5.97 Å². The minimum atomic E-state index is -0.885. The van der Waals surface area contributed by atoms with Crippen LogP contribution < -0.4 is 0 Å². The van der Waals surface area contributed by atoms with Gasteiger partial charge in [0.1, 0.15) is 0 Å². The standard InChI is InChI=1S/C12H13NO2S/c1-2-13-9(7-16)6-8-4-3-5-10(11(8)13)12(14)15/h3-6,16H,2,7H2,1H3,(H,14,15). The van der Waals surface area contributed by atoms with E-state index in [-0.39, 0.29) is 0 Å². The van der Waals surface area contributed by atoms with Crippen molar-refractivity contribution in [2.24, 2.45) is 0 Å². The van der Waals surface area contributed by atoms with Crippen molar-refractivity contribution in [3.8, 4) is 0 Å². The Kier molecular flexibility index (Phi) is 2.92. The van der Waals surface area contributed by atoms with Crippen molar-refractivity contribution in [2.75, 3.05) is 0 Å². The van der Waals surface area contributed by atoms with Gasteiger partial charge in [-0.3, -0.25) is 0 Å². The number of carboxylic acid groups (broad SMARTS) is 1. The van der Waals surface area contributed by atoms with Crippen LogP contribution in [-0.2, 0) is 12.3 Å². The maximum atomic E-state index is 11.1. The first-order valence-corrected chi connectivity index (χ1v) is 5.77. The zero-order valence-electron chi connectivity index (χ0n) is 8.97. The third kappa shape index (κ3) is 1.59. The number of benzene rings is 1. The first kappa shape index (κ1) is 11.1. The number of para-hydroxylation sites is 1. The van der Waals surface area contributed by atoms with Crippen LogP contribution in [0.1, 0.15) is 23.0 Å². The van der Waals surface area contributed by atoms with Crippen molar-refractivity contribution in [3.63, 3.8) is 0 Å². The van der Waals surface area contributed by atoms with Gasteiger partial charge in [0.2, 0.25) is 0 Å². The van der Waals surface area contributed by atoms with Crippen LogP contribution in [-0.4, -0.2) is 15.6 Å². The quantitative estimate of drug-likeness (QED) is 0.803. The average Bonchev–Trinajstić information content (AvgIpc) is 2.65. The Morgan fingerprint density at radius 3 is 2.81 bits per heavy atom. The molecule has 4 heteroatoms. The van der Waals surface area contributed by atoms with Gasteiger partial charge in [-0.15, -0.1) is 0 Å². The summed E-state index contributed by atoms with van der Waals surface area (Å²) in [6.07, 6.45) is 0. The summed E-state index contributed by atoms with van der Waals surface area (Å²) in [4.78, 5) is 11.1. The van der Waals surface area contributed by atoms with Crippen molar-refractivity contribution >= 4 is 29.5 Å². The van der Waals surface area contributed by atoms with Gasteiger partial charge < -0.3 is 9.67 Å². The highest BCUT2D eigenvalue weighted by molar-refractivity contribution is 7.79. The topological polar surface area (TPSA) is 42.2 Å². The fourth-order valence-electron chi connectivity index (χ4n) is 2.04. The Bertz CT molecular complexity index is 545. The number of aromatic nitrogens is 1. The van der Waals surface area contributed by atoms with E-state index in [0.717, 1.165) is 23.1 Å². The van der Waals surface area contributed by atoms with Gasteiger partial charge in [0, 0.05) is 23.4 Å². The number of carbonyl (C=O) groups is 1. The molecule has 0 unspecified atom stereocenters. The molecule has 1 aromatic carbocycles. The van der Waals surface area contributed by atoms with E-state index in [4.69, 9.17) is 5.11 Å². The molecule has 0 atom stereocenters. The summed E-state index contributed by atoms with van der Waals surface area (Å²) in [5.74, 6) is -0.272. The molecule has 84 valence electrons. The van der Waals surface area contributed by atoms with Gasteiger partial charge >= 0.3 is 5.97 Å². The highest BCUT2D eigenvalue weighted by atomic mass is 32.1. The largest absolute Gasteiger partial charge is 0.478 e. The number of aromatic carboxylic acids is 1. The first-order valence-electron chi connectivity index (χ1n) is 5.14. The van der Waals surface area contributed by atoms with Crippen molar-refractivity contribution in [2.45, 2.75) is 19.2 Å². The molecular formula is C12H13NO2S. The third-order valence-electron chi connectivity index (χ3n) is 2.71. The van der Waals surface area contributed by atoms with E-state index in [2.05, 4.69) is 12.6 Å². The minimum Gasteiger partial charge on any atom is -0.478 e. The molecule has 0 fully saturated rings. The summed E-state index contributed by atoms with van der Waals surface area (Å²) in [5.41, 5.74) is 2.20. The Morgan fingerprint density at radius 1 is 1.50 bits per heavy atom. The second-order valence-electron chi connectivity index (χ2n) is 3.59. The van der Waals surface area contributed by atoms with Gasteiger partial charge in [0.25, 0.3) is 0 Å². The van der Waals surface area contributed by atoms with E-state index in [1.54, 1.807) is 12.1 Å². The molecule has 1 heterocycles. The van der Waals surface area contributed by atoms with E-state index in [0.29, 0.717) is 11.3 Å². The van der Waals surface area contributed by atoms with Crippen LogP contribution in [0, 0.1) is 0 Å². The molecule has 0 spiro atoms. The zero-order chi connectivity index (χ0) is 11.7. The Morgan fingerprint density at radius 2 is 2.25 bits per heavy atom. The predicted octanol–water partition coefficient (Wildman–Crippen LogP) is 2.79. The lowest BCUT2D eigenvalue weighted by molar-refractivity contribution is 0.0698. The van der Waals surface area contributed by atoms with Crippen LogP contribution in [0.3, 0.4) is 0 Å². The summed E-state index contributed by atoms with van der Waals surface area (Å²) < 4.78 is 2.01. The molecule has 0 saturated heterocycles. The van der Waals surface area contributed by atoms with E-state index in [9.17, 15) is 4.79 Å². The monoisotopic (exact) mass is 235 g/mol. The van der Waals surface area contributed by atoms with Gasteiger partial charge in [-0.2, -0.15) is 12.6 Å². The summed E-state index contributed by atoms with van der Waals surface area (Å²) in [6.45, 7) is 2.76. The predicted molar refractivity (Wildman–Crippen MR) is 67.3 cm³/mol. The zero-order valence-corrected chi connectivity index (χ0v) is 9.87. The number of aryl methyl sites for hydroxylation is 1. The number of nitrogens with zero attached hydrogens (tertiary/aromatic N) is 1. The molecule has 1 aromatic heterocycles. The molecular weight excluding hydrogens is 222 g/mol. The van der Waals surface area contributed by atoms with Gasteiger partial charge in [-0.25, -0.2) is 4.79 Å². The summed E-state index contributed by atoms with van der Waals surface area (Å²) in [7, 11) is 0. The highest BCUT2D eigenvalue weighted by Gasteiger charge is 2.14. The van der Waals surface area contributed by atoms with Gasteiger partial charge in [-0.05, 0) is 19.1 Å². The molecule has 0 amide bonds. The number of rotatable bonds is 3. The smallest absolute Gasteiger partial charge is 0.337 e. The van der Waals surface area contributed by atoms with E-state index >= 15 is 0 Å². The molecule has 2 aromatic rings. The van der Waals surface area contributed by atoms with Crippen LogP contribution >= 0.6 is 12.6 Å². The summed E-state index contributed by atoms with van der Waals surface area (Å²) >= 11 is 4.26. The van der Waals surface area contributed by atoms with Crippen LogP contribution in [0.4, 0.5) is 0 Å². The normalized spacial score (nSPS) is 10.9. The lowest BCUT2D eigenvalue weighted by atomic mass is 10.1. The van der Waals surface area contributed by atoms with Crippen molar-refractivity contribution in [1.82, 2.24) is 4.57 Å². The van der Waals surface area contributed by atoms with Gasteiger partial charge in [0.05, 0.1) is 11.1 Å². The summed E-state index contributed by atoms with van der Waals surface area (Å²) in [5, 5.41) is 10.1. The molecule has 0 radical (unpaired) electrons. The number of thiol groups is 1. The van der Waals surface area contributed by atoms with Crippen molar-refractivity contribution < 1.29 is 9.90 Å². The van der Waals surface area contributed by atoms with E-state index in [1.807, 2.05) is 23.6 Å². The van der Waals surface area contributed by atoms with Gasteiger partial charge in [0.15, 0.2) is 0 Å². The lowest BCUT2D eigenvalue weighted by Crippen LogP contribution is -2.04. The molecule has 0 aliphatic rings. The minimum absolute atomic E-state index is 0.354. The van der Waals surface area contributed by atoms with Crippen molar-refractivity contribution in [1.29, 1.82) is 0 Å². The van der Waals surface area contributed by atoms with E-state index in [1.165, 1.54) is 0 Å². The molecule has 0 aliphatic heterocycles. The Hall–Kier alpha value is -1.42. The van der Waals surface area contributed by atoms with Crippen LogP contribution in [0.5, 0.6) is 0 Å². The maximum absolute atomic E-state index is 11.1. The fraction of sp³-hybridized carbons (Fsp3) is 0.250. The molecule has 16 heavy (non-hydrogen) atoms. The average molecular weight is 235 g/mol. The number of hydrogen-bond donors (Lipinski definition) is 2. The Balaban J connectivity index is 2.84. The first-order chi connectivity index (χ1) is 7.69. The molecule has 0 bridgehead atoms. The number of hydrogen-bond acceptors (Lipinski definition) is 2. The lowest BCUT2D eigenvalue weighted by Gasteiger charge is -2.07. The van der Waals surface area contributed by atoms with Crippen LogP contribution in [0.25, 0.3) is 10.9 Å². The molecule has 2 rings (SSSR count). The number of carboxylic acids is 1. The highest BCUT2D eigenvalue weighted by Crippen LogP contribution is 2.24. The second kappa shape index (κ2) is 4.22. The van der Waals surface area contributed by atoms with Gasteiger partial charge in [-0.1, -0.05) is 12.1 Å². The molecule has 0 aliphatic carbocycles. The third-order valence-corrected chi connectivity index (χ3v) is 3.04. The molecule has 0 saturated carbocycles. The second-order valence-corrected chi connectivity index (χ2v) is 3.90. The number of fused-ring (bicyclic) bond motifs is 1. The molecule has 3 nitrogen and oxygen atoms in total. The molecule has 1 N–H and O–H groups in total. The SMILES string of the molecule is CCn1c(CS)cc2cccc(C(=O)O)c21. The maximum Gasteiger partial charge on any atom is 0.337 e. The van der Waals surface area contributed by atoms with Crippen LogP contribution in [0.2, 0.25) is 0 Å². The van der Waals surface area contributed by atoms with Crippen molar-refractivity contribution in [3.05, 3.63) is 35.5 Å². The Labute approximate surface area is 99.1 Å².